The van der Waals surface area contributed by atoms with Gasteiger partial charge in [-0.2, -0.15) is 0 Å². The zero-order valence-corrected chi connectivity index (χ0v) is 9.91. The minimum atomic E-state index is -0.513. The molecule has 0 aliphatic carbocycles. The Bertz CT molecular complexity index is 365. The molecular weight excluding hydrogens is 232 g/mol. The summed E-state index contributed by atoms with van der Waals surface area (Å²) in [6.07, 6.45) is 0. The van der Waals surface area contributed by atoms with Crippen LogP contribution < -0.4 is 9.47 Å². The molecule has 88 valence electrons. The predicted octanol–water partition coefficient (Wildman–Crippen LogP) is 1.99. The lowest BCUT2D eigenvalue weighted by Gasteiger charge is -2.09. The van der Waals surface area contributed by atoms with Gasteiger partial charge in [-0.15, -0.1) is 0 Å². The molecule has 1 rings (SSSR count). The Kier molecular flexibility index (Phi) is 5.08. The molecule has 0 aliphatic rings. The predicted molar refractivity (Wildman–Crippen MR) is 60.1 cm³/mol. The molecule has 0 radical (unpaired) electrons. The monoisotopic (exact) mass is 244 g/mol. The van der Waals surface area contributed by atoms with E-state index in [0.29, 0.717) is 18.1 Å². The van der Waals surface area contributed by atoms with Gasteiger partial charge in [0.25, 0.3) is 0 Å². The Balaban J connectivity index is 2.64. The third-order valence-electron chi connectivity index (χ3n) is 1.93. The highest BCUT2D eigenvalue weighted by Gasteiger charge is 2.05. The van der Waals surface area contributed by atoms with E-state index in [9.17, 15) is 4.79 Å². The third kappa shape index (κ3) is 3.72. The molecule has 0 saturated heterocycles. The van der Waals surface area contributed by atoms with E-state index in [0.717, 1.165) is 5.56 Å². The molecule has 4 nitrogen and oxygen atoms in total. The quantitative estimate of drug-likeness (QED) is 0.718. The van der Waals surface area contributed by atoms with Gasteiger partial charge >= 0.3 is 0 Å². The van der Waals surface area contributed by atoms with Gasteiger partial charge in [-0.25, -0.2) is 0 Å². The average molecular weight is 245 g/mol. The van der Waals surface area contributed by atoms with Crippen LogP contribution in [0.2, 0.25) is 0 Å². The number of rotatable bonds is 6. The first-order valence-corrected chi connectivity index (χ1v) is 5.02. The van der Waals surface area contributed by atoms with Gasteiger partial charge in [0.05, 0.1) is 20.8 Å². The number of ether oxygens (including phenoxy) is 3. The summed E-state index contributed by atoms with van der Waals surface area (Å²) in [5.41, 5.74) is 0.885. The molecule has 0 N–H and O–H groups in total. The van der Waals surface area contributed by atoms with Gasteiger partial charge < -0.3 is 14.2 Å². The molecule has 5 heteroatoms. The first kappa shape index (κ1) is 12.8. The second-order valence-electron chi connectivity index (χ2n) is 3.04. The maximum absolute atomic E-state index is 10.5. The molecule has 0 unspecified atom stereocenters. The van der Waals surface area contributed by atoms with Crippen molar-refractivity contribution < 1.29 is 19.0 Å². The van der Waals surface area contributed by atoms with E-state index >= 15 is 0 Å². The fourth-order valence-corrected chi connectivity index (χ4v) is 1.30. The highest BCUT2D eigenvalue weighted by Crippen LogP contribution is 2.27. The largest absolute Gasteiger partial charge is 0.493 e. The molecule has 0 spiro atoms. The van der Waals surface area contributed by atoms with Gasteiger partial charge in [0.1, 0.15) is 6.61 Å². The Morgan fingerprint density at radius 1 is 1.25 bits per heavy atom. The van der Waals surface area contributed by atoms with Crippen molar-refractivity contribution in [1.29, 1.82) is 0 Å². The number of carbonyl (C=O) groups excluding carboxylic acids is 1. The molecule has 0 atom stereocenters. The summed E-state index contributed by atoms with van der Waals surface area (Å²) >= 11 is 5.14. The van der Waals surface area contributed by atoms with Crippen LogP contribution >= 0.6 is 11.6 Å². The van der Waals surface area contributed by atoms with Crippen molar-refractivity contribution >= 4 is 16.8 Å². The van der Waals surface area contributed by atoms with Crippen LogP contribution in [0.15, 0.2) is 18.2 Å². The molecule has 0 saturated carbocycles. The molecule has 16 heavy (non-hydrogen) atoms. The fourth-order valence-electron chi connectivity index (χ4n) is 1.22. The van der Waals surface area contributed by atoms with Gasteiger partial charge in [0.15, 0.2) is 11.5 Å². The van der Waals surface area contributed by atoms with Crippen LogP contribution in [0.25, 0.3) is 0 Å². The van der Waals surface area contributed by atoms with Gasteiger partial charge in [0, 0.05) is 0 Å². The Labute approximate surface area is 99.1 Å². The lowest BCUT2D eigenvalue weighted by Crippen LogP contribution is -2.02. The van der Waals surface area contributed by atoms with Crippen molar-refractivity contribution in [1.82, 2.24) is 0 Å². The zero-order valence-electron chi connectivity index (χ0n) is 9.16. The summed E-state index contributed by atoms with van der Waals surface area (Å²) in [7, 11) is 3.13. The summed E-state index contributed by atoms with van der Waals surface area (Å²) < 4.78 is 15.3. The molecule has 1 aromatic carbocycles. The van der Waals surface area contributed by atoms with Crippen molar-refractivity contribution in [3.05, 3.63) is 23.8 Å². The second kappa shape index (κ2) is 6.35. The number of benzene rings is 1. The van der Waals surface area contributed by atoms with E-state index in [2.05, 4.69) is 0 Å². The van der Waals surface area contributed by atoms with E-state index < -0.39 is 5.24 Å². The maximum Gasteiger partial charge on any atom is 0.247 e. The molecule has 1 aromatic rings. The minimum absolute atomic E-state index is 0.101. The normalized spacial score (nSPS) is 9.94. The standard InChI is InChI=1S/C11H13ClO4/c1-14-9-4-3-8(5-10(9)15-2)6-16-7-11(12)13/h3-5H,6-7H2,1-2H3. The van der Waals surface area contributed by atoms with E-state index in [1.807, 2.05) is 6.07 Å². The average Bonchev–Trinajstić information content (AvgIpc) is 2.28. The van der Waals surface area contributed by atoms with Crippen LogP contribution in [-0.4, -0.2) is 26.1 Å². The second-order valence-corrected chi connectivity index (χ2v) is 3.46. The Morgan fingerprint density at radius 2 is 1.94 bits per heavy atom. The molecular formula is C11H13ClO4. The van der Waals surface area contributed by atoms with Crippen LogP contribution in [0.5, 0.6) is 11.5 Å². The number of methoxy groups -OCH3 is 2. The van der Waals surface area contributed by atoms with Gasteiger partial charge in [-0.05, 0) is 29.3 Å². The van der Waals surface area contributed by atoms with Crippen LogP contribution in [0.3, 0.4) is 0 Å². The number of carbonyl (C=O) groups is 1. The van der Waals surface area contributed by atoms with E-state index in [1.165, 1.54) is 0 Å². The SMILES string of the molecule is COc1ccc(COCC(=O)Cl)cc1OC. The van der Waals surface area contributed by atoms with Gasteiger partial charge in [0.2, 0.25) is 5.24 Å². The maximum atomic E-state index is 10.5. The van der Waals surface area contributed by atoms with Crippen molar-refractivity contribution in [2.45, 2.75) is 6.61 Å². The Morgan fingerprint density at radius 3 is 2.50 bits per heavy atom. The van der Waals surface area contributed by atoms with E-state index in [-0.39, 0.29) is 6.61 Å². The van der Waals surface area contributed by atoms with Crippen molar-refractivity contribution in [3.8, 4) is 11.5 Å². The molecule has 0 amide bonds. The summed E-state index contributed by atoms with van der Waals surface area (Å²) in [5.74, 6) is 1.28. The summed E-state index contributed by atoms with van der Waals surface area (Å²) in [6.45, 7) is 0.203. The van der Waals surface area contributed by atoms with E-state index in [1.54, 1.807) is 26.4 Å². The van der Waals surface area contributed by atoms with Crippen LogP contribution in [0, 0.1) is 0 Å². The summed E-state index contributed by atoms with van der Waals surface area (Å²) in [5, 5.41) is -0.513. The summed E-state index contributed by atoms with van der Waals surface area (Å²) in [6, 6.07) is 5.40. The minimum Gasteiger partial charge on any atom is -0.493 e. The van der Waals surface area contributed by atoms with Crippen molar-refractivity contribution in [3.63, 3.8) is 0 Å². The highest BCUT2D eigenvalue weighted by molar-refractivity contribution is 6.63. The van der Waals surface area contributed by atoms with Crippen molar-refractivity contribution in [2.75, 3.05) is 20.8 Å². The third-order valence-corrected chi connectivity index (χ3v) is 2.04. The molecule has 0 aromatic heterocycles. The molecule has 0 aliphatic heterocycles. The first-order valence-electron chi connectivity index (χ1n) is 4.64. The molecule has 0 heterocycles. The fraction of sp³-hybridized carbons (Fsp3) is 0.364. The van der Waals surface area contributed by atoms with Crippen LogP contribution in [0.4, 0.5) is 0 Å². The van der Waals surface area contributed by atoms with Crippen molar-refractivity contribution in [2.24, 2.45) is 0 Å². The van der Waals surface area contributed by atoms with Gasteiger partial charge in [-0.1, -0.05) is 6.07 Å². The Hall–Kier alpha value is -1.26. The first-order chi connectivity index (χ1) is 7.67. The summed E-state index contributed by atoms with van der Waals surface area (Å²) in [4.78, 5) is 10.5. The topological polar surface area (TPSA) is 44.8 Å². The number of halogens is 1. The zero-order chi connectivity index (χ0) is 12.0. The van der Waals surface area contributed by atoms with Crippen LogP contribution in [0.1, 0.15) is 5.56 Å². The number of hydrogen-bond acceptors (Lipinski definition) is 4. The highest BCUT2D eigenvalue weighted by atomic mass is 35.5. The lowest BCUT2D eigenvalue weighted by molar-refractivity contribution is -0.116. The molecule has 0 bridgehead atoms. The van der Waals surface area contributed by atoms with Crippen LogP contribution in [-0.2, 0) is 16.1 Å². The lowest BCUT2D eigenvalue weighted by atomic mass is 10.2. The van der Waals surface area contributed by atoms with Gasteiger partial charge in [-0.3, -0.25) is 4.79 Å². The smallest absolute Gasteiger partial charge is 0.247 e. The molecule has 0 fully saturated rings. The van der Waals surface area contributed by atoms with E-state index in [4.69, 9.17) is 25.8 Å². The number of hydrogen-bond donors (Lipinski definition) is 0.